The van der Waals surface area contributed by atoms with E-state index in [1.165, 1.54) is 16.7 Å². The summed E-state index contributed by atoms with van der Waals surface area (Å²) < 4.78 is 5.69. The van der Waals surface area contributed by atoms with Crippen LogP contribution in [0.2, 0.25) is 0 Å². The van der Waals surface area contributed by atoms with E-state index >= 15 is 0 Å². The lowest BCUT2D eigenvalue weighted by atomic mass is 10.0. The van der Waals surface area contributed by atoms with Gasteiger partial charge in [0.05, 0.1) is 0 Å². The molecule has 0 unspecified atom stereocenters. The van der Waals surface area contributed by atoms with Crippen LogP contribution >= 0.6 is 0 Å². The zero-order chi connectivity index (χ0) is 27.3. The Morgan fingerprint density at radius 2 is 0.750 bits per heavy atom. The molecule has 0 saturated carbocycles. The highest BCUT2D eigenvalue weighted by molar-refractivity contribution is 6.08. The van der Waals surface area contributed by atoms with Crippen LogP contribution in [0.5, 0.6) is 11.5 Å². The quantitative estimate of drug-likeness (QED) is 0.269. The third-order valence-corrected chi connectivity index (χ3v) is 4.63. The summed E-state index contributed by atoms with van der Waals surface area (Å²) in [4.78, 5) is 12.0. The van der Waals surface area contributed by atoms with Crippen LogP contribution in [-0.4, -0.2) is 5.78 Å². The Balaban J connectivity index is 0.000000564. The van der Waals surface area contributed by atoms with Gasteiger partial charge in [0, 0.05) is 11.1 Å². The summed E-state index contributed by atoms with van der Waals surface area (Å²) in [7, 11) is 0. The van der Waals surface area contributed by atoms with Gasteiger partial charge in [0.2, 0.25) is 0 Å². The summed E-state index contributed by atoms with van der Waals surface area (Å²) in [6, 6.07) is 33.1. The predicted molar refractivity (Wildman–Crippen MR) is 158 cm³/mol. The van der Waals surface area contributed by atoms with E-state index in [-0.39, 0.29) is 5.78 Å². The summed E-state index contributed by atoms with van der Waals surface area (Å²) in [5.74, 6) is 1.84. The molecule has 0 N–H and O–H groups in total. The van der Waals surface area contributed by atoms with Gasteiger partial charge in [-0.3, -0.25) is 4.79 Å². The van der Waals surface area contributed by atoms with Crippen molar-refractivity contribution >= 4 is 5.78 Å². The largest absolute Gasteiger partial charge is 0.457 e. The summed E-state index contributed by atoms with van der Waals surface area (Å²) in [6.07, 6.45) is 0. The van der Waals surface area contributed by atoms with E-state index in [9.17, 15) is 4.79 Å². The molecule has 0 radical (unpaired) electrons. The van der Waals surface area contributed by atoms with Crippen molar-refractivity contribution in [2.75, 3.05) is 0 Å². The fourth-order valence-electron chi connectivity index (χ4n) is 2.81. The van der Waals surface area contributed by atoms with E-state index in [1.807, 2.05) is 152 Å². The second-order valence-electron chi connectivity index (χ2n) is 7.29. The van der Waals surface area contributed by atoms with Crippen LogP contribution in [-0.2, 0) is 0 Å². The van der Waals surface area contributed by atoms with Gasteiger partial charge in [-0.05, 0) is 45.0 Å². The molecule has 0 aliphatic heterocycles. The third kappa shape index (κ3) is 12.2. The number of ether oxygens (including phenoxy) is 1. The van der Waals surface area contributed by atoms with Crippen molar-refractivity contribution in [1.82, 2.24) is 0 Å². The van der Waals surface area contributed by atoms with Crippen molar-refractivity contribution in [3.63, 3.8) is 0 Å². The number of carbonyl (C=O) groups is 1. The number of ketones is 1. The van der Waals surface area contributed by atoms with Crippen LogP contribution < -0.4 is 4.74 Å². The highest BCUT2D eigenvalue weighted by Gasteiger charge is 2.06. The molecule has 36 heavy (non-hydrogen) atoms. The Morgan fingerprint density at radius 1 is 0.444 bits per heavy atom. The zero-order valence-corrected chi connectivity index (χ0v) is 23.6. The molecule has 0 amide bonds. The maximum absolute atomic E-state index is 12.0. The molecule has 192 valence electrons. The maximum Gasteiger partial charge on any atom is 0.193 e. The lowest BCUT2D eigenvalue weighted by molar-refractivity contribution is 0.103. The standard InChI is InChI=1S/C14H14O.C14H12O.3C2H6/c1-11-3-7-13(8-4-11)15-14-9-5-12(2)6-10-14;1-11-7-9-13(10-8-11)14(15)12-5-3-2-4-6-12;3*1-2/h3-10H,1-2H3;2-10H,1H3;3*1-2H3. The number of carbonyl (C=O) groups excluding carboxylic acids is 1. The fourth-order valence-corrected chi connectivity index (χ4v) is 2.81. The second kappa shape index (κ2) is 19.6. The van der Waals surface area contributed by atoms with Crippen LogP contribution in [0.3, 0.4) is 0 Å². The van der Waals surface area contributed by atoms with Gasteiger partial charge < -0.3 is 4.74 Å². The van der Waals surface area contributed by atoms with Gasteiger partial charge in [0.15, 0.2) is 5.78 Å². The number of hydrogen-bond acceptors (Lipinski definition) is 2. The summed E-state index contributed by atoms with van der Waals surface area (Å²) in [5.41, 5.74) is 5.13. The van der Waals surface area contributed by atoms with Crippen LogP contribution in [0.15, 0.2) is 103 Å². The predicted octanol–water partition coefficient (Wildman–Crippen LogP) is 10.4. The average molecular weight is 485 g/mol. The first-order chi connectivity index (χ1) is 17.5. The molecule has 0 aromatic heterocycles. The Kier molecular flexibility index (Phi) is 17.6. The summed E-state index contributed by atoms with van der Waals surface area (Å²) in [5, 5.41) is 0. The molecule has 2 heteroatoms. The molecule has 0 saturated heterocycles. The molecule has 0 spiro atoms. The lowest BCUT2D eigenvalue weighted by Gasteiger charge is -2.05. The van der Waals surface area contributed by atoms with E-state index in [4.69, 9.17) is 4.74 Å². The summed E-state index contributed by atoms with van der Waals surface area (Å²) >= 11 is 0. The molecule has 0 heterocycles. The van der Waals surface area contributed by atoms with Crippen molar-refractivity contribution in [3.8, 4) is 11.5 Å². The number of rotatable bonds is 4. The zero-order valence-electron chi connectivity index (χ0n) is 23.6. The van der Waals surface area contributed by atoms with Gasteiger partial charge in [-0.1, -0.05) is 137 Å². The molecular formula is C34H44O2. The van der Waals surface area contributed by atoms with Gasteiger partial charge in [0.1, 0.15) is 11.5 Å². The normalized spacial score (nSPS) is 8.81. The van der Waals surface area contributed by atoms with Gasteiger partial charge in [-0.25, -0.2) is 0 Å². The van der Waals surface area contributed by atoms with E-state index in [1.54, 1.807) is 0 Å². The van der Waals surface area contributed by atoms with Crippen LogP contribution in [0.4, 0.5) is 0 Å². The van der Waals surface area contributed by atoms with Crippen molar-refractivity contribution in [1.29, 1.82) is 0 Å². The van der Waals surface area contributed by atoms with Gasteiger partial charge in [0.25, 0.3) is 0 Å². The van der Waals surface area contributed by atoms with Crippen molar-refractivity contribution in [2.24, 2.45) is 0 Å². The number of hydrogen-bond donors (Lipinski definition) is 0. The van der Waals surface area contributed by atoms with Crippen LogP contribution in [0.25, 0.3) is 0 Å². The van der Waals surface area contributed by atoms with Crippen molar-refractivity contribution in [3.05, 3.63) is 131 Å². The molecule has 4 aromatic rings. The van der Waals surface area contributed by atoms with Crippen LogP contribution in [0.1, 0.15) is 74.2 Å². The SMILES string of the molecule is CC.CC.CC.Cc1ccc(C(=O)c2ccccc2)cc1.Cc1ccc(Oc2ccc(C)cc2)cc1. The average Bonchev–Trinajstić information content (AvgIpc) is 2.95. The molecule has 2 nitrogen and oxygen atoms in total. The van der Waals surface area contributed by atoms with Gasteiger partial charge in [-0.15, -0.1) is 0 Å². The minimum absolute atomic E-state index is 0.0793. The fraction of sp³-hybridized carbons (Fsp3) is 0.265. The molecule has 4 rings (SSSR count). The maximum atomic E-state index is 12.0. The highest BCUT2D eigenvalue weighted by atomic mass is 16.5. The Hall–Kier alpha value is -3.65. The third-order valence-electron chi connectivity index (χ3n) is 4.63. The molecule has 0 aliphatic rings. The van der Waals surface area contributed by atoms with E-state index in [2.05, 4.69) is 13.8 Å². The van der Waals surface area contributed by atoms with E-state index in [0.29, 0.717) is 0 Å². The number of benzene rings is 4. The Morgan fingerprint density at radius 3 is 1.11 bits per heavy atom. The summed E-state index contributed by atoms with van der Waals surface area (Å²) in [6.45, 7) is 18.1. The second-order valence-corrected chi connectivity index (χ2v) is 7.29. The van der Waals surface area contributed by atoms with Crippen molar-refractivity contribution in [2.45, 2.75) is 62.3 Å². The van der Waals surface area contributed by atoms with Crippen molar-refractivity contribution < 1.29 is 9.53 Å². The first-order valence-corrected chi connectivity index (χ1v) is 13.0. The smallest absolute Gasteiger partial charge is 0.193 e. The van der Waals surface area contributed by atoms with Crippen LogP contribution in [0, 0.1) is 20.8 Å². The van der Waals surface area contributed by atoms with E-state index < -0.39 is 0 Å². The topological polar surface area (TPSA) is 26.3 Å². The molecule has 0 aliphatic carbocycles. The molecule has 4 aromatic carbocycles. The molecule has 0 atom stereocenters. The molecule has 0 bridgehead atoms. The van der Waals surface area contributed by atoms with Gasteiger partial charge in [-0.2, -0.15) is 0 Å². The van der Waals surface area contributed by atoms with Gasteiger partial charge >= 0.3 is 0 Å². The first-order valence-electron chi connectivity index (χ1n) is 13.0. The highest BCUT2D eigenvalue weighted by Crippen LogP contribution is 2.21. The number of aryl methyl sites for hydroxylation is 3. The minimum Gasteiger partial charge on any atom is -0.457 e. The first kappa shape index (κ1) is 32.4. The Bertz CT molecular complexity index is 1020. The Labute approximate surface area is 220 Å². The lowest BCUT2D eigenvalue weighted by Crippen LogP contribution is -2.00. The van der Waals surface area contributed by atoms with E-state index in [0.717, 1.165) is 22.6 Å². The molecular weight excluding hydrogens is 440 g/mol. The monoisotopic (exact) mass is 484 g/mol. The minimum atomic E-state index is 0.0793. The molecule has 0 fully saturated rings.